The Morgan fingerprint density at radius 1 is 1.47 bits per heavy atom. The molecule has 0 saturated carbocycles. The van der Waals surface area contributed by atoms with Crippen LogP contribution in [0, 0.1) is 5.41 Å². The molecule has 1 aromatic heterocycles. The van der Waals surface area contributed by atoms with Gasteiger partial charge in [0, 0.05) is 24.8 Å². The van der Waals surface area contributed by atoms with Gasteiger partial charge < -0.3 is 10.3 Å². The first kappa shape index (κ1) is 10.4. The molecular formula is C12H18N2O. The number of rotatable bonds is 0. The third-order valence-electron chi connectivity index (χ3n) is 3.29. The number of hydrogen-bond donors (Lipinski definition) is 1. The monoisotopic (exact) mass is 206 g/mol. The zero-order valence-electron chi connectivity index (χ0n) is 9.58. The van der Waals surface area contributed by atoms with Gasteiger partial charge in [0.1, 0.15) is 0 Å². The van der Waals surface area contributed by atoms with Crippen molar-refractivity contribution in [2.45, 2.75) is 32.7 Å². The second-order valence-corrected chi connectivity index (χ2v) is 5.28. The fourth-order valence-electron chi connectivity index (χ4n) is 2.48. The van der Waals surface area contributed by atoms with Crippen LogP contribution >= 0.6 is 0 Å². The minimum atomic E-state index is 0.0543. The van der Waals surface area contributed by atoms with Gasteiger partial charge >= 0.3 is 0 Å². The Morgan fingerprint density at radius 3 is 2.80 bits per heavy atom. The first-order valence-corrected chi connectivity index (χ1v) is 5.35. The Bertz CT molecular complexity index is 445. The second kappa shape index (κ2) is 3.20. The fraction of sp³-hybridized carbons (Fsp3) is 0.583. The Balaban J connectivity index is 2.61. The van der Waals surface area contributed by atoms with Gasteiger partial charge in [-0.1, -0.05) is 19.9 Å². The van der Waals surface area contributed by atoms with E-state index in [1.807, 2.05) is 13.1 Å². The maximum Gasteiger partial charge on any atom is 0.250 e. The predicted octanol–water partition coefficient (Wildman–Crippen LogP) is 1.36. The van der Waals surface area contributed by atoms with Crippen molar-refractivity contribution in [3.63, 3.8) is 0 Å². The van der Waals surface area contributed by atoms with Crippen LogP contribution in [-0.4, -0.2) is 4.57 Å². The quantitative estimate of drug-likeness (QED) is 0.696. The van der Waals surface area contributed by atoms with Gasteiger partial charge in [-0.3, -0.25) is 4.79 Å². The lowest BCUT2D eigenvalue weighted by molar-refractivity contribution is 0.273. The van der Waals surface area contributed by atoms with Crippen molar-refractivity contribution in [3.8, 4) is 0 Å². The summed E-state index contributed by atoms with van der Waals surface area (Å²) in [5.41, 5.74) is 8.61. The Labute approximate surface area is 89.9 Å². The van der Waals surface area contributed by atoms with Gasteiger partial charge in [0.15, 0.2) is 0 Å². The van der Waals surface area contributed by atoms with E-state index < -0.39 is 0 Å². The van der Waals surface area contributed by atoms with Crippen LogP contribution in [0.3, 0.4) is 0 Å². The van der Waals surface area contributed by atoms with Gasteiger partial charge in [0.25, 0.3) is 0 Å². The molecule has 1 heterocycles. The van der Waals surface area contributed by atoms with Crippen molar-refractivity contribution in [1.29, 1.82) is 0 Å². The molecule has 0 amide bonds. The zero-order chi connectivity index (χ0) is 11.2. The van der Waals surface area contributed by atoms with E-state index in [-0.39, 0.29) is 17.0 Å². The standard InChI is InChI=1S/C12H18N2O/c1-12(2)6-9(13)8-4-5-11(15)14(3)10(8)7-12/h4-5,9H,6-7,13H2,1-3H3/t9-/m0/s1. The maximum absolute atomic E-state index is 11.5. The van der Waals surface area contributed by atoms with Gasteiger partial charge in [-0.15, -0.1) is 0 Å². The minimum Gasteiger partial charge on any atom is -0.324 e. The number of nitrogens with zero attached hydrogens (tertiary/aromatic N) is 1. The largest absolute Gasteiger partial charge is 0.324 e. The molecule has 0 aromatic carbocycles. The SMILES string of the molecule is Cn1c2c(ccc1=O)[C@@H](N)CC(C)(C)C2. The first-order chi connectivity index (χ1) is 6.91. The maximum atomic E-state index is 11.5. The van der Waals surface area contributed by atoms with Crippen LogP contribution in [0.4, 0.5) is 0 Å². The summed E-state index contributed by atoms with van der Waals surface area (Å²) in [6.45, 7) is 4.40. The summed E-state index contributed by atoms with van der Waals surface area (Å²) in [6, 6.07) is 3.56. The smallest absolute Gasteiger partial charge is 0.250 e. The summed E-state index contributed by atoms with van der Waals surface area (Å²) in [7, 11) is 1.83. The molecule has 0 aliphatic heterocycles. The van der Waals surface area contributed by atoms with Gasteiger partial charge in [0.2, 0.25) is 5.56 Å². The third kappa shape index (κ3) is 1.72. The molecule has 0 unspecified atom stereocenters. The van der Waals surface area contributed by atoms with Crippen LogP contribution in [-0.2, 0) is 13.5 Å². The molecule has 2 N–H and O–H groups in total. The molecule has 1 aliphatic rings. The topological polar surface area (TPSA) is 48.0 Å². The molecule has 1 atom stereocenters. The molecule has 82 valence electrons. The molecule has 1 aliphatic carbocycles. The summed E-state index contributed by atoms with van der Waals surface area (Å²) < 4.78 is 1.73. The van der Waals surface area contributed by atoms with E-state index in [4.69, 9.17) is 5.73 Å². The van der Waals surface area contributed by atoms with Gasteiger partial charge in [-0.05, 0) is 23.8 Å². The number of hydrogen-bond acceptors (Lipinski definition) is 2. The third-order valence-corrected chi connectivity index (χ3v) is 3.29. The predicted molar refractivity (Wildman–Crippen MR) is 60.7 cm³/mol. The van der Waals surface area contributed by atoms with E-state index in [2.05, 4.69) is 13.8 Å². The van der Waals surface area contributed by atoms with E-state index >= 15 is 0 Å². The van der Waals surface area contributed by atoms with E-state index in [0.717, 1.165) is 24.1 Å². The number of nitrogens with two attached hydrogens (primary N) is 1. The Morgan fingerprint density at radius 2 is 2.13 bits per heavy atom. The molecule has 0 fully saturated rings. The average Bonchev–Trinajstić information content (AvgIpc) is 2.10. The molecule has 0 radical (unpaired) electrons. The first-order valence-electron chi connectivity index (χ1n) is 5.35. The van der Waals surface area contributed by atoms with Crippen molar-refractivity contribution in [2.24, 2.45) is 18.2 Å². The van der Waals surface area contributed by atoms with E-state index in [9.17, 15) is 4.79 Å². The summed E-state index contributed by atoms with van der Waals surface area (Å²) in [5, 5.41) is 0. The summed E-state index contributed by atoms with van der Waals surface area (Å²) in [5.74, 6) is 0. The lowest BCUT2D eigenvalue weighted by atomic mass is 9.74. The van der Waals surface area contributed by atoms with Crippen LogP contribution in [0.25, 0.3) is 0 Å². The van der Waals surface area contributed by atoms with Crippen LogP contribution < -0.4 is 11.3 Å². The molecule has 0 bridgehead atoms. The highest BCUT2D eigenvalue weighted by Crippen LogP contribution is 2.38. The van der Waals surface area contributed by atoms with Gasteiger partial charge in [0.05, 0.1) is 0 Å². The van der Waals surface area contributed by atoms with Crippen LogP contribution in [0.15, 0.2) is 16.9 Å². The highest BCUT2D eigenvalue weighted by atomic mass is 16.1. The van der Waals surface area contributed by atoms with E-state index in [0.29, 0.717) is 0 Å². The van der Waals surface area contributed by atoms with Crippen molar-refractivity contribution < 1.29 is 0 Å². The van der Waals surface area contributed by atoms with E-state index in [1.54, 1.807) is 10.6 Å². The average molecular weight is 206 g/mol. The van der Waals surface area contributed by atoms with Crippen molar-refractivity contribution in [3.05, 3.63) is 33.7 Å². The van der Waals surface area contributed by atoms with Gasteiger partial charge in [-0.2, -0.15) is 0 Å². The molecule has 0 spiro atoms. The lowest BCUT2D eigenvalue weighted by Gasteiger charge is -2.36. The second-order valence-electron chi connectivity index (χ2n) is 5.28. The normalized spacial score (nSPS) is 23.6. The van der Waals surface area contributed by atoms with Crippen LogP contribution in [0.2, 0.25) is 0 Å². The number of aromatic nitrogens is 1. The van der Waals surface area contributed by atoms with Crippen LogP contribution in [0.5, 0.6) is 0 Å². The van der Waals surface area contributed by atoms with E-state index in [1.165, 1.54) is 0 Å². The number of pyridine rings is 1. The lowest BCUT2D eigenvalue weighted by Crippen LogP contribution is -2.34. The van der Waals surface area contributed by atoms with Crippen molar-refractivity contribution in [2.75, 3.05) is 0 Å². The zero-order valence-corrected chi connectivity index (χ0v) is 9.58. The number of fused-ring (bicyclic) bond motifs is 1. The van der Waals surface area contributed by atoms with Gasteiger partial charge in [-0.25, -0.2) is 0 Å². The summed E-state index contributed by atoms with van der Waals surface area (Å²) in [6.07, 6.45) is 1.92. The van der Waals surface area contributed by atoms with Crippen molar-refractivity contribution in [1.82, 2.24) is 4.57 Å². The molecule has 1 aromatic rings. The molecule has 2 rings (SSSR count). The minimum absolute atomic E-state index is 0.0543. The summed E-state index contributed by atoms with van der Waals surface area (Å²) in [4.78, 5) is 11.5. The molecular weight excluding hydrogens is 188 g/mol. The summed E-state index contributed by atoms with van der Waals surface area (Å²) >= 11 is 0. The molecule has 15 heavy (non-hydrogen) atoms. The Hall–Kier alpha value is -1.09. The Kier molecular flexibility index (Phi) is 2.23. The highest BCUT2D eigenvalue weighted by Gasteiger charge is 2.31. The highest BCUT2D eigenvalue weighted by molar-refractivity contribution is 5.28. The van der Waals surface area contributed by atoms with Crippen LogP contribution in [0.1, 0.15) is 37.6 Å². The van der Waals surface area contributed by atoms with Crippen molar-refractivity contribution >= 4 is 0 Å². The molecule has 0 saturated heterocycles. The molecule has 3 nitrogen and oxygen atoms in total. The molecule has 3 heteroatoms. The fourth-order valence-corrected chi connectivity index (χ4v) is 2.48.